The van der Waals surface area contributed by atoms with Crippen LogP contribution in [0.3, 0.4) is 0 Å². The number of aliphatic carboxylic acids is 1. The van der Waals surface area contributed by atoms with Crippen LogP contribution in [-0.4, -0.2) is 38.5 Å². The van der Waals surface area contributed by atoms with Gasteiger partial charge in [0.1, 0.15) is 0 Å². The van der Waals surface area contributed by atoms with E-state index in [1.54, 1.807) is 0 Å². The molecule has 0 aromatic carbocycles. The van der Waals surface area contributed by atoms with Crippen molar-refractivity contribution in [3.63, 3.8) is 0 Å². The lowest BCUT2D eigenvalue weighted by atomic mass is 9.71. The number of hydrogen-bond donors (Lipinski definition) is 3. The first kappa shape index (κ1) is 24.8. The average molecular weight is 424 g/mol. The Morgan fingerprint density at radius 3 is 2.43 bits per heavy atom. The third kappa shape index (κ3) is 7.34. The van der Waals surface area contributed by atoms with Crippen molar-refractivity contribution in [2.24, 2.45) is 17.3 Å². The molecule has 1 unspecified atom stereocenters. The van der Waals surface area contributed by atoms with Crippen LogP contribution in [0.15, 0.2) is 4.52 Å². The molecule has 2 rings (SSSR count). The zero-order chi connectivity index (χ0) is 22.4. The van der Waals surface area contributed by atoms with Crippen LogP contribution in [0.25, 0.3) is 0 Å². The summed E-state index contributed by atoms with van der Waals surface area (Å²) in [5.41, 5.74) is -0.873. The molecule has 1 aromatic heterocycles. The standard InChI is InChI=1S/C23H41N3O4/c1-22(2,3)19(21(28)29)17(13-9-12-16-10-7-6-8-11-16)20-25-18(26-30-20)14-24-23(4,5)15-27/h16-17,19,24,27H,6-15H2,1-5H3,(H,28,29)/t17-,19?/m1/s1. The molecule has 0 spiro atoms. The predicted octanol–water partition coefficient (Wildman–Crippen LogP) is 4.51. The first-order valence-electron chi connectivity index (χ1n) is 11.4. The molecule has 0 saturated heterocycles. The van der Waals surface area contributed by atoms with Gasteiger partial charge in [-0.2, -0.15) is 4.98 Å². The van der Waals surface area contributed by atoms with E-state index in [2.05, 4.69) is 15.5 Å². The molecule has 0 radical (unpaired) electrons. The monoisotopic (exact) mass is 423 g/mol. The fraction of sp³-hybridized carbons (Fsp3) is 0.870. The molecule has 7 heteroatoms. The van der Waals surface area contributed by atoms with Crippen molar-refractivity contribution >= 4 is 5.97 Å². The summed E-state index contributed by atoms with van der Waals surface area (Å²) in [7, 11) is 0. The van der Waals surface area contributed by atoms with E-state index in [-0.39, 0.29) is 12.5 Å². The van der Waals surface area contributed by atoms with Gasteiger partial charge in [0.25, 0.3) is 0 Å². The highest BCUT2D eigenvalue weighted by atomic mass is 16.5. The Balaban J connectivity index is 2.13. The molecule has 3 N–H and O–H groups in total. The molecule has 0 aliphatic heterocycles. The van der Waals surface area contributed by atoms with Crippen LogP contribution < -0.4 is 5.32 Å². The first-order valence-corrected chi connectivity index (χ1v) is 11.4. The van der Waals surface area contributed by atoms with Gasteiger partial charge in [0, 0.05) is 5.54 Å². The summed E-state index contributed by atoms with van der Waals surface area (Å²) < 4.78 is 5.57. The van der Waals surface area contributed by atoms with Crippen molar-refractivity contribution in [1.29, 1.82) is 0 Å². The van der Waals surface area contributed by atoms with Gasteiger partial charge in [0.2, 0.25) is 5.89 Å². The molecule has 1 heterocycles. The summed E-state index contributed by atoms with van der Waals surface area (Å²) in [6.45, 7) is 10.0. The Kier molecular flexibility index (Phi) is 8.85. The van der Waals surface area contributed by atoms with Crippen molar-refractivity contribution < 1.29 is 19.5 Å². The maximum atomic E-state index is 12.2. The Morgan fingerprint density at radius 2 is 1.87 bits per heavy atom. The smallest absolute Gasteiger partial charge is 0.307 e. The lowest BCUT2D eigenvalue weighted by Gasteiger charge is -2.32. The Labute approximate surface area is 181 Å². The van der Waals surface area contributed by atoms with Gasteiger partial charge in [0.05, 0.1) is 25.0 Å². The second-order valence-electron chi connectivity index (χ2n) is 10.7. The normalized spacial score (nSPS) is 18.3. The SMILES string of the molecule is CC(C)(CO)NCc1noc([C@H](CCCC2CCCCC2)C(C(=O)O)C(C)(C)C)n1. The minimum Gasteiger partial charge on any atom is -0.481 e. The fourth-order valence-electron chi connectivity index (χ4n) is 4.55. The third-order valence-corrected chi connectivity index (χ3v) is 6.38. The number of carboxylic acids is 1. The molecule has 7 nitrogen and oxygen atoms in total. The predicted molar refractivity (Wildman–Crippen MR) is 116 cm³/mol. The van der Waals surface area contributed by atoms with Gasteiger partial charge >= 0.3 is 5.97 Å². The van der Waals surface area contributed by atoms with Gasteiger partial charge in [-0.3, -0.25) is 4.79 Å². The van der Waals surface area contributed by atoms with Crippen LogP contribution in [0, 0.1) is 17.3 Å². The van der Waals surface area contributed by atoms with E-state index in [1.165, 1.54) is 32.1 Å². The highest BCUT2D eigenvalue weighted by molar-refractivity contribution is 5.72. The number of nitrogens with one attached hydrogen (secondary N) is 1. The van der Waals surface area contributed by atoms with Gasteiger partial charge in [-0.1, -0.05) is 70.9 Å². The molecular weight excluding hydrogens is 382 g/mol. The van der Waals surface area contributed by atoms with Crippen LogP contribution in [0.2, 0.25) is 0 Å². The van der Waals surface area contributed by atoms with Gasteiger partial charge in [0.15, 0.2) is 5.82 Å². The van der Waals surface area contributed by atoms with Gasteiger partial charge in [-0.05, 0) is 31.6 Å². The summed E-state index contributed by atoms with van der Waals surface area (Å²) in [6, 6.07) is 0. The van der Waals surface area contributed by atoms with E-state index in [9.17, 15) is 15.0 Å². The lowest BCUT2D eigenvalue weighted by molar-refractivity contribution is -0.147. The first-order chi connectivity index (χ1) is 14.0. The highest BCUT2D eigenvalue weighted by Gasteiger charge is 2.41. The van der Waals surface area contributed by atoms with Crippen molar-refractivity contribution in [2.75, 3.05) is 6.61 Å². The quantitative estimate of drug-likeness (QED) is 0.480. The van der Waals surface area contributed by atoms with Crippen LogP contribution in [0.1, 0.15) is 104 Å². The minimum atomic E-state index is -0.815. The largest absolute Gasteiger partial charge is 0.481 e. The van der Waals surface area contributed by atoms with E-state index in [0.29, 0.717) is 18.3 Å². The molecule has 1 aliphatic rings. The maximum absolute atomic E-state index is 12.2. The summed E-state index contributed by atoms with van der Waals surface area (Å²) in [5, 5.41) is 26.7. The number of carboxylic acid groups (broad SMARTS) is 1. The summed E-state index contributed by atoms with van der Waals surface area (Å²) in [5.74, 6) is -0.0523. The average Bonchev–Trinajstić information content (AvgIpc) is 3.14. The number of hydrogen-bond acceptors (Lipinski definition) is 6. The summed E-state index contributed by atoms with van der Waals surface area (Å²) in [6.07, 6.45) is 9.42. The molecule has 1 aliphatic carbocycles. The number of nitrogens with zero attached hydrogens (tertiary/aromatic N) is 2. The molecule has 172 valence electrons. The third-order valence-electron chi connectivity index (χ3n) is 6.38. The van der Waals surface area contributed by atoms with Crippen molar-refractivity contribution in [3.05, 3.63) is 11.7 Å². The number of aromatic nitrogens is 2. The number of aliphatic hydroxyl groups excluding tert-OH is 1. The number of rotatable bonds is 11. The van der Waals surface area contributed by atoms with E-state index in [1.807, 2.05) is 34.6 Å². The second kappa shape index (κ2) is 10.7. The number of carbonyl (C=O) groups is 1. The van der Waals surface area contributed by atoms with Crippen LogP contribution in [0.4, 0.5) is 0 Å². The van der Waals surface area contributed by atoms with Crippen LogP contribution >= 0.6 is 0 Å². The van der Waals surface area contributed by atoms with Gasteiger partial charge in [-0.25, -0.2) is 0 Å². The molecule has 1 saturated carbocycles. The van der Waals surface area contributed by atoms with E-state index in [4.69, 9.17) is 4.52 Å². The molecule has 0 amide bonds. The van der Waals surface area contributed by atoms with Crippen LogP contribution in [-0.2, 0) is 11.3 Å². The molecule has 30 heavy (non-hydrogen) atoms. The summed E-state index contributed by atoms with van der Waals surface area (Å²) >= 11 is 0. The Bertz CT molecular complexity index is 660. The fourth-order valence-corrected chi connectivity index (χ4v) is 4.55. The Morgan fingerprint density at radius 1 is 1.20 bits per heavy atom. The molecular formula is C23H41N3O4. The van der Waals surface area contributed by atoms with Crippen LogP contribution in [0.5, 0.6) is 0 Å². The zero-order valence-electron chi connectivity index (χ0n) is 19.4. The van der Waals surface area contributed by atoms with Crippen molar-refractivity contribution in [3.8, 4) is 0 Å². The van der Waals surface area contributed by atoms with Crippen molar-refractivity contribution in [1.82, 2.24) is 15.5 Å². The molecule has 1 fully saturated rings. The van der Waals surface area contributed by atoms with E-state index >= 15 is 0 Å². The highest BCUT2D eigenvalue weighted by Crippen LogP contribution is 2.41. The molecule has 0 bridgehead atoms. The zero-order valence-corrected chi connectivity index (χ0v) is 19.4. The van der Waals surface area contributed by atoms with Gasteiger partial charge < -0.3 is 20.1 Å². The van der Waals surface area contributed by atoms with Gasteiger partial charge in [-0.15, -0.1) is 0 Å². The van der Waals surface area contributed by atoms with Crippen molar-refractivity contribution in [2.45, 2.75) is 104 Å². The maximum Gasteiger partial charge on any atom is 0.307 e. The minimum absolute atomic E-state index is 0.00733. The Hall–Kier alpha value is -1.47. The molecule has 1 aromatic rings. The second-order valence-corrected chi connectivity index (χ2v) is 10.7. The molecule has 2 atom stereocenters. The number of aliphatic hydroxyl groups is 1. The summed E-state index contributed by atoms with van der Waals surface area (Å²) in [4.78, 5) is 16.7. The van der Waals surface area contributed by atoms with E-state index < -0.39 is 22.8 Å². The van der Waals surface area contributed by atoms with E-state index in [0.717, 1.165) is 25.2 Å². The topological polar surface area (TPSA) is 108 Å². The lowest BCUT2D eigenvalue weighted by Crippen LogP contribution is -2.42.